The highest BCUT2D eigenvalue weighted by Gasteiger charge is 2.37. The Kier molecular flexibility index (Phi) is 8.54. The third-order valence-electron chi connectivity index (χ3n) is 10.3. The lowest BCUT2D eigenvalue weighted by Gasteiger charge is -2.35. The van der Waals surface area contributed by atoms with Crippen molar-refractivity contribution in [3.8, 4) is 0 Å². The molecule has 0 aliphatic carbocycles. The SMILES string of the molecule is Cc1ccc(C2=C3C=CC(=N3)C(C3OCC(C)(C)CO3)=C3C=CC(=N3)C(c3ccc(C)cc3)=C3C=CC(=N3)C(C3OCC(C)(C)CO3)=C3C=CC2=N3)cc1. The molecule has 7 heterocycles. The van der Waals surface area contributed by atoms with E-state index in [2.05, 4.69) is 114 Å². The smallest absolute Gasteiger partial charge is 0.188 e. The first-order valence-electron chi connectivity index (χ1n) is 18.7. The summed E-state index contributed by atoms with van der Waals surface area (Å²) in [4.78, 5) is 21.3. The van der Waals surface area contributed by atoms with Crippen molar-refractivity contribution in [2.24, 2.45) is 30.8 Å². The van der Waals surface area contributed by atoms with Gasteiger partial charge in [0.15, 0.2) is 12.6 Å². The molecule has 0 aromatic heterocycles. The number of aliphatic imine (C=N–C) groups is 4. The number of nitrogens with zero attached hydrogens (tertiary/aromatic N) is 4. The third-order valence-corrected chi connectivity index (χ3v) is 10.3. The molecule has 2 aromatic rings. The first kappa shape index (κ1) is 34.6. The molecule has 8 heteroatoms. The maximum absolute atomic E-state index is 6.45. The van der Waals surface area contributed by atoms with Crippen molar-refractivity contribution < 1.29 is 18.9 Å². The van der Waals surface area contributed by atoms with Gasteiger partial charge in [-0.25, -0.2) is 20.0 Å². The second-order valence-corrected chi connectivity index (χ2v) is 16.4. The second-order valence-electron chi connectivity index (χ2n) is 16.4. The predicted octanol–water partition coefficient (Wildman–Crippen LogP) is 8.79. The van der Waals surface area contributed by atoms with Crippen molar-refractivity contribution in [2.75, 3.05) is 26.4 Å². The zero-order valence-electron chi connectivity index (χ0n) is 31.6. The first-order valence-corrected chi connectivity index (χ1v) is 18.7. The molecule has 2 saturated heterocycles. The lowest BCUT2D eigenvalue weighted by molar-refractivity contribution is -0.200. The van der Waals surface area contributed by atoms with Crippen LogP contribution in [0.25, 0.3) is 11.1 Å². The monoisotopic (exact) mass is 716 g/mol. The quantitative estimate of drug-likeness (QED) is 0.317. The van der Waals surface area contributed by atoms with Crippen LogP contribution in [0, 0.1) is 24.7 Å². The molecule has 0 unspecified atom stereocenters. The molecule has 0 radical (unpaired) electrons. The Balaban J connectivity index is 1.30. The predicted molar refractivity (Wildman–Crippen MR) is 215 cm³/mol. The van der Waals surface area contributed by atoms with E-state index < -0.39 is 12.6 Å². The topological polar surface area (TPSA) is 86.4 Å². The maximum atomic E-state index is 6.45. The minimum absolute atomic E-state index is 0.106. The summed E-state index contributed by atoms with van der Waals surface area (Å²) in [6.45, 7) is 15.0. The summed E-state index contributed by atoms with van der Waals surface area (Å²) in [5.74, 6) is 0. The molecule has 0 spiro atoms. The minimum atomic E-state index is -0.641. The molecule has 272 valence electrons. The first-order chi connectivity index (χ1) is 26.0. The third kappa shape index (κ3) is 6.54. The van der Waals surface area contributed by atoms with Crippen LogP contribution in [0.5, 0.6) is 0 Å². The van der Waals surface area contributed by atoms with E-state index in [1.165, 1.54) is 11.1 Å². The van der Waals surface area contributed by atoms with Crippen molar-refractivity contribution in [2.45, 2.75) is 54.1 Å². The summed E-state index contributed by atoms with van der Waals surface area (Å²) < 4.78 is 25.8. The van der Waals surface area contributed by atoms with E-state index >= 15 is 0 Å². The Morgan fingerprint density at radius 2 is 0.741 bits per heavy atom. The summed E-state index contributed by atoms with van der Waals surface area (Å²) >= 11 is 0. The number of fused-ring (bicyclic) bond motifs is 4. The molecular formula is C46H44N4O4. The van der Waals surface area contributed by atoms with Crippen LogP contribution in [-0.4, -0.2) is 61.9 Å². The van der Waals surface area contributed by atoms with Gasteiger partial charge in [0.05, 0.1) is 83.2 Å². The number of benzene rings is 2. The summed E-state index contributed by atoms with van der Waals surface area (Å²) in [5, 5.41) is 0. The van der Waals surface area contributed by atoms with Crippen LogP contribution in [-0.2, 0) is 18.9 Å². The summed E-state index contributed by atoms with van der Waals surface area (Å²) in [7, 11) is 0. The molecule has 8 bridgehead atoms. The van der Waals surface area contributed by atoms with Gasteiger partial charge >= 0.3 is 0 Å². The Morgan fingerprint density at radius 1 is 0.426 bits per heavy atom. The molecular weight excluding hydrogens is 673 g/mol. The zero-order chi connectivity index (χ0) is 37.2. The van der Waals surface area contributed by atoms with Gasteiger partial charge in [0.25, 0.3) is 0 Å². The van der Waals surface area contributed by atoms with Gasteiger partial charge in [-0.3, -0.25) is 0 Å². The van der Waals surface area contributed by atoms with E-state index in [1.807, 2.05) is 24.3 Å². The summed E-state index contributed by atoms with van der Waals surface area (Å²) in [6.07, 6.45) is 15.1. The van der Waals surface area contributed by atoms with Crippen molar-refractivity contribution in [3.63, 3.8) is 0 Å². The van der Waals surface area contributed by atoms with Crippen LogP contribution in [0.15, 0.2) is 151 Å². The van der Waals surface area contributed by atoms with Gasteiger partial charge in [-0.2, -0.15) is 0 Å². The molecule has 0 amide bonds. The van der Waals surface area contributed by atoms with Gasteiger partial charge in [-0.05, 0) is 73.6 Å². The minimum Gasteiger partial charge on any atom is -0.348 e. The fourth-order valence-corrected chi connectivity index (χ4v) is 7.36. The maximum Gasteiger partial charge on any atom is 0.188 e. The number of rotatable bonds is 4. The highest BCUT2D eigenvalue weighted by molar-refractivity contribution is 6.34. The lowest BCUT2D eigenvalue weighted by Crippen LogP contribution is -2.40. The molecule has 8 nitrogen and oxygen atoms in total. The molecule has 54 heavy (non-hydrogen) atoms. The molecule has 2 fully saturated rings. The molecule has 7 aliphatic heterocycles. The lowest BCUT2D eigenvalue weighted by atomic mass is 9.95. The summed E-state index contributed by atoms with van der Waals surface area (Å²) in [5.41, 5.74) is 13.7. The van der Waals surface area contributed by atoms with E-state index in [-0.39, 0.29) is 10.8 Å². The van der Waals surface area contributed by atoms with Gasteiger partial charge in [0, 0.05) is 22.0 Å². The number of allylic oxidation sites excluding steroid dienone is 10. The fraction of sp³-hybridized carbons (Fsp3) is 0.304. The van der Waals surface area contributed by atoms with Crippen LogP contribution in [0.3, 0.4) is 0 Å². The van der Waals surface area contributed by atoms with E-state index in [9.17, 15) is 0 Å². The van der Waals surface area contributed by atoms with Crippen LogP contribution in [0.1, 0.15) is 49.9 Å². The van der Waals surface area contributed by atoms with E-state index in [0.29, 0.717) is 26.4 Å². The normalized spacial score (nSPS) is 23.5. The van der Waals surface area contributed by atoms with Gasteiger partial charge in [-0.1, -0.05) is 87.4 Å². The Bertz CT molecular complexity index is 2150. The van der Waals surface area contributed by atoms with Crippen molar-refractivity contribution in [1.29, 1.82) is 0 Å². The second kappa shape index (κ2) is 13.3. The molecule has 9 rings (SSSR count). The van der Waals surface area contributed by atoms with Gasteiger partial charge in [0.2, 0.25) is 0 Å². The van der Waals surface area contributed by atoms with Crippen molar-refractivity contribution in [1.82, 2.24) is 0 Å². The number of ether oxygens (including phenoxy) is 4. The van der Waals surface area contributed by atoms with Crippen LogP contribution in [0.4, 0.5) is 0 Å². The number of hydrogen-bond donors (Lipinski definition) is 0. The molecule has 0 N–H and O–H groups in total. The molecule has 0 saturated carbocycles. The van der Waals surface area contributed by atoms with E-state index in [4.69, 9.17) is 38.9 Å². The Morgan fingerprint density at radius 3 is 1.11 bits per heavy atom. The number of hydrogen-bond acceptors (Lipinski definition) is 8. The molecule has 2 aromatic carbocycles. The van der Waals surface area contributed by atoms with Crippen LogP contribution < -0.4 is 0 Å². The van der Waals surface area contributed by atoms with Crippen LogP contribution in [0.2, 0.25) is 0 Å². The fourth-order valence-electron chi connectivity index (χ4n) is 7.36. The van der Waals surface area contributed by atoms with Crippen molar-refractivity contribution >= 4 is 34.0 Å². The van der Waals surface area contributed by atoms with Gasteiger partial charge < -0.3 is 18.9 Å². The average molecular weight is 717 g/mol. The van der Waals surface area contributed by atoms with E-state index in [0.717, 1.165) is 79.1 Å². The van der Waals surface area contributed by atoms with E-state index in [1.54, 1.807) is 0 Å². The highest BCUT2D eigenvalue weighted by Crippen LogP contribution is 2.39. The van der Waals surface area contributed by atoms with Crippen molar-refractivity contribution in [3.05, 3.63) is 153 Å². The summed E-state index contributed by atoms with van der Waals surface area (Å²) in [6, 6.07) is 17.0. The van der Waals surface area contributed by atoms with Gasteiger partial charge in [-0.15, -0.1) is 0 Å². The number of aryl methyl sites for hydroxylation is 2. The molecule has 0 atom stereocenters. The standard InChI is InChI=1S/C46H44N4O4/c1-27-7-11-29(12-8-27)39-31-15-19-35(47-31)41(43-51-23-45(3,4)24-52-43)37-21-17-33(49-37)40(30-13-9-28(2)10-14-30)34-18-22-38(50-34)42(36-20-16-32(39)48-36)44-53-25-46(5,6)26-54-44/h7-22,43-44H,23-26H2,1-6H3. The largest absolute Gasteiger partial charge is 0.348 e. The zero-order valence-corrected chi connectivity index (χ0v) is 31.6. The van der Waals surface area contributed by atoms with Crippen LogP contribution >= 0.6 is 0 Å². The van der Waals surface area contributed by atoms with Gasteiger partial charge in [0.1, 0.15) is 0 Å². The average Bonchev–Trinajstić information content (AvgIpc) is 3.99. The Hall–Kier alpha value is -5.12. The highest BCUT2D eigenvalue weighted by atomic mass is 16.7. The molecule has 7 aliphatic rings. The Labute approximate surface area is 316 Å².